The molecule has 0 radical (unpaired) electrons. The third-order valence-corrected chi connectivity index (χ3v) is 3.37. The van der Waals surface area contributed by atoms with Crippen molar-refractivity contribution in [2.45, 2.75) is 33.6 Å². The Bertz CT molecular complexity index is 659. The van der Waals surface area contributed by atoms with E-state index in [4.69, 9.17) is 9.47 Å². The molecule has 1 heterocycles. The zero-order valence-corrected chi connectivity index (χ0v) is 13.8. The lowest BCUT2D eigenvalue weighted by Gasteiger charge is -2.15. The predicted molar refractivity (Wildman–Crippen MR) is 88.4 cm³/mol. The minimum Gasteiger partial charge on any atom is -0.480 e. The maximum atomic E-state index is 11.3. The van der Waals surface area contributed by atoms with Gasteiger partial charge in [0.15, 0.2) is 5.82 Å². The van der Waals surface area contributed by atoms with Crippen molar-refractivity contribution in [3.8, 4) is 11.6 Å². The summed E-state index contributed by atoms with van der Waals surface area (Å²) in [5.41, 5.74) is 2.83. The van der Waals surface area contributed by atoms with Gasteiger partial charge >= 0.3 is 5.97 Å². The molecule has 6 heteroatoms. The average Bonchev–Trinajstić information content (AvgIpc) is 2.56. The van der Waals surface area contributed by atoms with Crippen LogP contribution in [-0.2, 0) is 17.6 Å². The van der Waals surface area contributed by atoms with Crippen molar-refractivity contribution in [2.24, 2.45) is 0 Å². The number of benzene rings is 1. The molecule has 23 heavy (non-hydrogen) atoms. The van der Waals surface area contributed by atoms with Gasteiger partial charge in [-0.2, -0.15) is 0 Å². The number of esters is 1. The van der Waals surface area contributed by atoms with Gasteiger partial charge in [-0.05, 0) is 42.2 Å². The fraction of sp³-hybridized carbons (Fsp3) is 0.353. The molecule has 2 aromatic rings. The van der Waals surface area contributed by atoms with Crippen LogP contribution in [0.2, 0.25) is 0 Å². The fourth-order valence-electron chi connectivity index (χ4n) is 2.27. The van der Waals surface area contributed by atoms with Crippen molar-refractivity contribution >= 4 is 17.5 Å². The summed E-state index contributed by atoms with van der Waals surface area (Å²) in [5, 5.41) is 11.2. The number of nitrogens with one attached hydrogen (secondary N) is 1. The Kier molecular flexibility index (Phi) is 5.51. The number of aryl methyl sites for hydroxylation is 2. The highest BCUT2D eigenvalue weighted by Crippen LogP contribution is 2.31. The zero-order valence-electron chi connectivity index (χ0n) is 13.8. The maximum absolute atomic E-state index is 11.3. The van der Waals surface area contributed by atoms with Gasteiger partial charge in [-0.15, -0.1) is 10.2 Å². The first-order chi connectivity index (χ1) is 11.1. The summed E-state index contributed by atoms with van der Waals surface area (Å²) in [6, 6.07) is 7.46. The van der Waals surface area contributed by atoms with Crippen LogP contribution in [0.4, 0.5) is 11.5 Å². The van der Waals surface area contributed by atoms with Gasteiger partial charge < -0.3 is 14.8 Å². The van der Waals surface area contributed by atoms with Crippen LogP contribution in [0.5, 0.6) is 11.6 Å². The van der Waals surface area contributed by atoms with Gasteiger partial charge in [-0.3, -0.25) is 4.79 Å². The second-order valence-electron chi connectivity index (χ2n) is 5.01. The van der Waals surface area contributed by atoms with Crippen molar-refractivity contribution in [1.82, 2.24) is 10.2 Å². The first-order valence-corrected chi connectivity index (χ1v) is 7.56. The van der Waals surface area contributed by atoms with Crippen LogP contribution < -0.4 is 14.8 Å². The summed E-state index contributed by atoms with van der Waals surface area (Å²) in [6.07, 6.45) is 1.53. The van der Waals surface area contributed by atoms with Gasteiger partial charge in [-0.1, -0.05) is 13.8 Å². The Hall–Kier alpha value is -2.63. The first kappa shape index (κ1) is 16.7. The van der Waals surface area contributed by atoms with Crippen molar-refractivity contribution in [1.29, 1.82) is 0 Å². The topological polar surface area (TPSA) is 73.3 Å². The number of hydrogen-bond donors (Lipinski definition) is 1. The van der Waals surface area contributed by atoms with Crippen LogP contribution in [0.15, 0.2) is 24.3 Å². The van der Waals surface area contributed by atoms with Gasteiger partial charge in [0.05, 0.1) is 7.11 Å². The predicted octanol–water partition coefficient (Wildman–Crippen LogP) is 3.28. The van der Waals surface area contributed by atoms with E-state index < -0.39 is 0 Å². The number of ether oxygens (including phenoxy) is 2. The second-order valence-corrected chi connectivity index (χ2v) is 5.01. The molecular weight excluding hydrogens is 294 g/mol. The first-order valence-electron chi connectivity index (χ1n) is 7.56. The summed E-state index contributed by atoms with van der Waals surface area (Å²) in [4.78, 5) is 11.3. The largest absolute Gasteiger partial charge is 0.480 e. The highest BCUT2D eigenvalue weighted by atomic mass is 16.5. The van der Waals surface area contributed by atoms with Crippen molar-refractivity contribution < 1.29 is 14.3 Å². The molecule has 0 bridgehead atoms. The fourth-order valence-corrected chi connectivity index (χ4v) is 2.27. The van der Waals surface area contributed by atoms with Gasteiger partial charge in [0, 0.05) is 18.7 Å². The maximum Gasteiger partial charge on any atom is 0.308 e. The van der Waals surface area contributed by atoms with E-state index in [0.717, 1.165) is 29.7 Å². The Morgan fingerprint density at radius 2 is 1.78 bits per heavy atom. The molecule has 1 aromatic carbocycles. The van der Waals surface area contributed by atoms with E-state index in [1.807, 2.05) is 26.0 Å². The van der Waals surface area contributed by atoms with Crippen molar-refractivity contribution in [3.63, 3.8) is 0 Å². The molecule has 1 aromatic heterocycles. The molecule has 0 saturated heterocycles. The van der Waals surface area contributed by atoms with Crippen molar-refractivity contribution in [2.75, 3.05) is 12.4 Å². The van der Waals surface area contributed by atoms with E-state index in [-0.39, 0.29) is 5.97 Å². The van der Waals surface area contributed by atoms with Gasteiger partial charge in [0.2, 0.25) is 5.88 Å². The number of hydrogen-bond acceptors (Lipinski definition) is 6. The Balaban J connectivity index is 2.33. The quantitative estimate of drug-likeness (QED) is 0.651. The number of carbonyl (C=O) groups is 1. The number of rotatable bonds is 6. The lowest BCUT2D eigenvalue weighted by molar-refractivity contribution is -0.132. The third-order valence-electron chi connectivity index (χ3n) is 3.37. The summed E-state index contributed by atoms with van der Waals surface area (Å²) in [7, 11) is 1.55. The summed E-state index contributed by atoms with van der Waals surface area (Å²) in [6.45, 7) is 5.47. The van der Waals surface area contributed by atoms with Gasteiger partial charge in [-0.25, -0.2) is 0 Å². The van der Waals surface area contributed by atoms with Crippen LogP contribution in [0.25, 0.3) is 0 Å². The number of anilines is 2. The normalized spacial score (nSPS) is 10.3. The average molecular weight is 315 g/mol. The molecule has 1 N–H and O–H groups in total. The molecule has 122 valence electrons. The molecule has 0 aliphatic heterocycles. The Morgan fingerprint density at radius 1 is 1.13 bits per heavy atom. The van der Waals surface area contributed by atoms with Crippen LogP contribution in [0, 0.1) is 0 Å². The van der Waals surface area contributed by atoms with E-state index in [2.05, 4.69) is 15.5 Å². The molecular formula is C17H21N3O3. The van der Waals surface area contributed by atoms with Gasteiger partial charge in [0.25, 0.3) is 0 Å². The van der Waals surface area contributed by atoms with E-state index in [1.165, 1.54) is 6.92 Å². The lowest BCUT2D eigenvalue weighted by Crippen LogP contribution is -2.07. The molecule has 0 aliphatic rings. The lowest BCUT2D eigenvalue weighted by atomic mass is 10.0. The minimum atomic E-state index is -0.309. The molecule has 0 spiro atoms. The monoisotopic (exact) mass is 315 g/mol. The van der Waals surface area contributed by atoms with E-state index in [1.54, 1.807) is 19.2 Å². The van der Waals surface area contributed by atoms with Crippen molar-refractivity contribution in [3.05, 3.63) is 35.4 Å². The second kappa shape index (κ2) is 7.58. The van der Waals surface area contributed by atoms with Crippen LogP contribution in [0.3, 0.4) is 0 Å². The Labute approximate surface area is 135 Å². The molecule has 0 unspecified atom stereocenters. The number of nitrogens with zero attached hydrogens (tertiary/aromatic N) is 2. The SMILES string of the molecule is CCc1cc(Nc2ccc(OC)nn2)cc(CC)c1OC(C)=O. The number of carbonyl (C=O) groups excluding carboxylic acids is 1. The molecule has 0 aliphatic carbocycles. The van der Waals surface area contributed by atoms with E-state index >= 15 is 0 Å². The number of methoxy groups -OCH3 is 1. The molecule has 0 atom stereocenters. The standard InChI is InChI=1S/C17H21N3O3/c1-5-12-9-14(10-13(6-2)17(12)23-11(3)21)18-15-7-8-16(22-4)20-19-15/h7-10H,5-6H2,1-4H3,(H,18,19). The smallest absolute Gasteiger partial charge is 0.308 e. The molecule has 0 amide bonds. The highest BCUT2D eigenvalue weighted by Gasteiger charge is 2.13. The molecule has 6 nitrogen and oxygen atoms in total. The molecule has 0 fully saturated rings. The van der Waals surface area contributed by atoms with Crippen LogP contribution >= 0.6 is 0 Å². The summed E-state index contributed by atoms with van der Waals surface area (Å²) in [5.74, 6) is 1.43. The summed E-state index contributed by atoms with van der Waals surface area (Å²) < 4.78 is 10.4. The van der Waals surface area contributed by atoms with Crippen LogP contribution in [0.1, 0.15) is 31.9 Å². The molecule has 0 saturated carbocycles. The molecule has 2 rings (SSSR count). The van der Waals surface area contributed by atoms with Crippen LogP contribution in [-0.4, -0.2) is 23.3 Å². The number of aromatic nitrogens is 2. The van der Waals surface area contributed by atoms with E-state index in [0.29, 0.717) is 17.4 Å². The third kappa shape index (κ3) is 4.18. The highest BCUT2D eigenvalue weighted by molar-refractivity contribution is 5.72. The zero-order chi connectivity index (χ0) is 16.8. The van der Waals surface area contributed by atoms with E-state index in [9.17, 15) is 4.79 Å². The minimum absolute atomic E-state index is 0.309. The summed E-state index contributed by atoms with van der Waals surface area (Å²) >= 11 is 0. The Morgan fingerprint density at radius 3 is 2.22 bits per heavy atom. The van der Waals surface area contributed by atoms with Gasteiger partial charge in [0.1, 0.15) is 5.75 Å².